The molecule has 0 aliphatic carbocycles. The van der Waals surface area contributed by atoms with Crippen molar-refractivity contribution in [3.05, 3.63) is 87.4 Å². The Balaban J connectivity index is 1.59. The van der Waals surface area contributed by atoms with Gasteiger partial charge in [0.1, 0.15) is 12.1 Å². The summed E-state index contributed by atoms with van der Waals surface area (Å²) in [5.74, 6) is -0.271. The molecule has 0 bridgehead atoms. The summed E-state index contributed by atoms with van der Waals surface area (Å²) in [6.07, 6.45) is 3.25. The second-order valence-corrected chi connectivity index (χ2v) is 7.43. The first-order valence-corrected chi connectivity index (χ1v) is 9.50. The van der Waals surface area contributed by atoms with Crippen LogP contribution in [-0.4, -0.2) is 20.1 Å². The lowest BCUT2D eigenvalue weighted by Crippen LogP contribution is -2.28. The smallest absolute Gasteiger partial charge is 0.277 e. The van der Waals surface area contributed by atoms with Crippen LogP contribution in [0.2, 0.25) is 0 Å². The largest absolute Gasteiger partial charge is 0.325 e. The molecule has 4 rings (SSSR count). The highest BCUT2D eigenvalue weighted by atomic mass is 79.9. The summed E-state index contributed by atoms with van der Waals surface area (Å²) >= 11 is 3.35. The van der Waals surface area contributed by atoms with Crippen molar-refractivity contribution in [1.29, 1.82) is 0 Å². The summed E-state index contributed by atoms with van der Waals surface area (Å²) in [7, 11) is 0. The number of amides is 1. The second-order valence-electron chi connectivity index (χ2n) is 6.51. The van der Waals surface area contributed by atoms with Crippen molar-refractivity contribution >= 4 is 33.0 Å². The van der Waals surface area contributed by atoms with Crippen LogP contribution in [0.25, 0.3) is 16.8 Å². The Morgan fingerprint density at radius 3 is 2.50 bits per heavy atom. The van der Waals surface area contributed by atoms with Crippen LogP contribution < -0.4 is 10.9 Å². The number of aromatic nitrogens is 3. The van der Waals surface area contributed by atoms with E-state index in [1.165, 1.54) is 4.57 Å². The number of hydrogen-bond donors (Lipinski definition) is 1. The monoisotopic (exact) mass is 436 g/mol. The van der Waals surface area contributed by atoms with Crippen molar-refractivity contribution in [2.75, 3.05) is 5.32 Å². The maximum atomic E-state index is 12.8. The van der Waals surface area contributed by atoms with Crippen molar-refractivity contribution < 1.29 is 4.79 Å². The van der Waals surface area contributed by atoms with E-state index in [0.29, 0.717) is 16.9 Å². The van der Waals surface area contributed by atoms with Gasteiger partial charge >= 0.3 is 0 Å². The number of carbonyl (C=O) groups is 1. The first kappa shape index (κ1) is 18.2. The third-order valence-electron chi connectivity index (χ3n) is 4.39. The molecule has 0 aliphatic heterocycles. The van der Waals surface area contributed by atoms with E-state index in [-0.39, 0.29) is 18.0 Å². The molecule has 2 aromatic heterocycles. The van der Waals surface area contributed by atoms with Gasteiger partial charge in [-0.25, -0.2) is 4.52 Å². The van der Waals surface area contributed by atoms with Crippen LogP contribution in [0.3, 0.4) is 0 Å². The summed E-state index contributed by atoms with van der Waals surface area (Å²) in [4.78, 5) is 25.1. The Morgan fingerprint density at radius 1 is 1.07 bits per heavy atom. The zero-order valence-corrected chi connectivity index (χ0v) is 16.7. The quantitative estimate of drug-likeness (QED) is 0.527. The van der Waals surface area contributed by atoms with E-state index in [4.69, 9.17) is 0 Å². The molecule has 0 spiro atoms. The number of carbonyl (C=O) groups excluding carboxylic acids is 1. The van der Waals surface area contributed by atoms with E-state index >= 15 is 0 Å². The number of halogens is 1. The average Bonchev–Trinajstić information content (AvgIpc) is 3.12. The zero-order chi connectivity index (χ0) is 19.7. The summed E-state index contributed by atoms with van der Waals surface area (Å²) in [5, 5.41) is 7.26. The number of anilines is 1. The summed E-state index contributed by atoms with van der Waals surface area (Å²) in [5.41, 5.74) is 3.65. The van der Waals surface area contributed by atoms with Crippen LogP contribution in [0.4, 0.5) is 5.69 Å². The van der Waals surface area contributed by atoms with Gasteiger partial charge in [0.2, 0.25) is 5.91 Å². The maximum Gasteiger partial charge on any atom is 0.277 e. The fourth-order valence-corrected chi connectivity index (χ4v) is 3.17. The highest BCUT2D eigenvalue weighted by Crippen LogP contribution is 2.19. The van der Waals surface area contributed by atoms with Crippen molar-refractivity contribution in [3.63, 3.8) is 0 Å². The number of hydrogen-bond acceptors (Lipinski definition) is 3. The van der Waals surface area contributed by atoms with Crippen LogP contribution in [0.5, 0.6) is 0 Å². The average molecular weight is 437 g/mol. The Labute approximate surface area is 169 Å². The molecule has 7 heteroatoms. The molecule has 2 aromatic carbocycles. The molecule has 0 saturated heterocycles. The van der Waals surface area contributed by atoms with Gasteiger partial charge in [-0.3, -0.25) is 9.59 Å². The minimum Gasteiger partial charge on any atom is -0.325 e. The molecule has 0 radical (unpaired) electrons. The Bertz CT molecular complexity index is 1210. The van der Waals surface area contributed by atoms with Gasteiger partial charge in [-0.1, -0.05) is 45.8 Å². The van der Waals surface area contributed by atoms with Crippen molar-refractivity contribution in [3.8, 4) is 11.3 Å². The van der Waals surface area contributed by atoms with Gasteiger partial charge in [0.15, 0.2) is 0 Å². The van der Waals surface area contributed by atoms with Gasteiger partial charge in [0.25, 0.3) is 5.56 Å². The van der Waals surface area contributed by atoms with Gasteiger partial charge < -0.3 is 9.88 Å². The number of nitrogens with zero attached hydrogens (tertiary/aromatic N) is 3. The van der Waals surface area contributed by atoms with E-state index in [1.807, 2.05) is 43.3 Å². The lowest BCUT2D eigenvalue weighted by molar-refractivity contribution is -0.116. The van der Waals surface area contributed by atoms with Crippen molar-refractivity contribution in [1.82, 2.24) is 14.2 Å². The molecule has 140 valence electrons. The minimum atomic E-state index is -0.271. The molecule has 0 fully saturated rings. The normalized spacial score (nSPS) is 10.9. The zero-order valence-electron chi connectivity index (χ0n) is 15.1. The predicted octanol–water partition coefficient (Wildman–Crippen LogP) is 3.87. The molecule has 0 atom stereocenters. The third-order valence-corrected chi connectivity index (χ3v) is 4.92. The van der Waals surface area contributed by atoms with E-state index in [0.717, 1.165) is 15.6 Å². The molecular weight excluding hydrogens is 420 g/mol. The summed E-state index contributed by atoms with van der Waals surface area (Å²) in [6.45, 7) is 1.95. The predicted molar refractivity (Wildman–Crippen MR) is 112 cm³/mol. The van der Waals surface area contributed by atoms with Gasteiger partial charge in [0.05, 0.1) is 5.69 Å². The standard InChI is InChI=1S/C21H17BrN4O2/c1-14-2-4-15(5-3-14)18-12-19-21(28)25(10-11-26(19)24-18)13-20(27)23-17-8-6-16(22)7-9-17/h2-12H,13H2,1H3,(H,23,27). The van der Waals surface area contributed by atoms with Gasteiger partial charge in [0, 0.05) is 28.1 Å². The van der Waals surface area contributed by atoms with Crippen molar-refractivity contribution in [2.24, 2.45) is 0 Å². The second kappa shape index (κ2) is 7.44. The SMILES string of the molecule is Cc1ccc(-c2cc3c(=O)n(CC(=O)Nc4ccc(Br)cc4)ccn3n2)cc1. The van der Waals surface area contributed by atoms with E-state index < -0.39 is 0 Å². The van der Waals surface area contributed by atoms with Gasteiger partial charge in [-0.2, -0.15) is 5.10 Å². The summed E-state index contributed by atoms with van der Waals surface area (Å²) < 4.78 is 3.85. The lowest BCUT2D eigenvalue weighted by Gasteiger charge is -2.07. The molecule has 28 heavy (non-hydrogen) atoms. The Morgan fingerprint density at radius 2 is 1.79 bits per heavy atom. The van der Waals surface area contributed by atoms with Gasteiger partial charge in [-0.15, -0.1) is 0 Å². The van der Waals surface area contributed by atoms with Crippen LogP contribution in [0.1, 0.15) is 5.56 Å². The maximum absolute atomic E-state index is 12.8. The highest BCUT2D eigenvalue weighted by Gasteiger charge is 2.11. The molecule has 0 aliphatic rings. The van der Waals surface area contributed by atoms with E-state index in [1.54, 1.807) is 35.1 Å². The van der Waals surface area contributed by atoms with Gasteiger partial charge in [-0.05, 0) is 37.3 Å². The van der Waals surface area contributed by atoms with Crippen LogP contribution in [-0.2, 0) is 11.3 Å². The lowest BCUT2D eigenvalue weighted by atomic mass is 10.1. The van der Waals surface area contributed by atoms with Crippen LogP contribution in [0.15, 0.2) is 76.3 Å². The number of aryl methyl sites for hydroxylation is 1. The Kier molecular flexibility index (Phi) is 4.83. The molecule has 2 heterocycles. The van der Waals surface area contributed by atoms with Crippen molar-refractivity contribution in [2.45, 2.75) is 13.5 Å². The number of rotatable bonds is 4. The first-order valence-electron chi connectivity index (χ1n) is 8.71. The Hall–Kier alpha value is -3.19. The molecule has 0 unspecified atom stereocenters. The minimum absolute atomic E-state index is 0.0730. The number of benzene rings is 2. The molecule has 1 amide bonds. The van der Waals surface area contributed by atoms with Crippen LogP contribution >= 0.6 is 15.9 Å². The summed E-state index contributed by atoms with van der Waals surface area (Å²) in [6, 6.07) is 17.0. The molecule has 1 N–H and O–H groups in total. The molecule has 0 saturated carbocycles. The fraction of sp³-hybridized carbons (Fsp3) is 0.0952. The molecule has 6 nitrogen and oxygen atoms in total. The third kappa shape index (κ3) is 3.75. The topological polar surface area (TPSA) is 68.4 Å². The molecule has 4 aromatic rings. The van der Waals surface area contributed by atoms with Crippen LogP contribution in [0, 0.1) is 6.92 Å². The fourth-order valence-electron chi connectivity index (χ4n) is 2.90. The van der Waals surface area contributed by atoms with E-state index in [2.05, 4.69) is 26.3 Å². The number of fused-ring (bicyclic) bond motifs is 1. The first-order chi connectivity index (χ1) is 13.5. The van der Waals surface area contributed by atoms with E-state index in [9.17, 15) is 9.59 Å². The number of nitrogens with one attached hydrogen (secondary N) is 1. The highest BCUT2D eigenvalue weighted by molar-refractivity contribution is 9.10. The molecular formula is C21H17BrN4O2.